The third kappa shape index (κ3) is 4.77. The number of ether oxygens (including phenoxy) is 1. The molecule has 2 N–H and O–H groups in total. The van der Waals surface area contributed by atoms with Gasteiger partial charge >= 0.3 is 6.03 Å². The van der Waals surface area contributed by atoms with Crippen LogP contribution < -0.4 is 15.4 Å². The number of amides is 2. The zero-order valence-corrected chi connectivity index (χ0v) is 12.6. The van der Waals surface area contributed by atoms with Gasteiger partial charge in [-0.15, -0.1) is 0 Å². The fourth-order valence-electron chi connectivity index (χ4n) is 1.88. The Labute approximate surface area is 129 Å². The quantitative estimate of drug-likeness (QED) is 0.879. The molecule has 0 unspecified atom stereocenters. The van der Waals surface area contributed by atoms with Crippen molar-refractivity contribution in [3.05, 3.63) is 59.9 Å². The molecule has 5 heteroatoms. The van der Waals surface area contributed by atoms with E-state index in [0.717, 1.165) is 5.56 Å². The first-order chi connectivity index (χ1) is 10.5. The molecule has 0 bridgehead atoms. The van der Waals surface area contributed by atoms with Gasteiger partial charge in [0.2, 0.25) is 0 Å². The van der Waals surface area contributed by atoms with Gasteiger partial charge in [0.15, 0.2) is 0 Å². The Balaban J connectivity index is 1.93. The second-order valence-corrected chi connectivity index (χ2v) is 5.10. The highest BCUT2D eigenvalue weighted by Crippen LogP contribution is 2.24. The highest BCUT2D eigenvalue weighted by Gasteiger charge is 2.08. The summed E-state index contributed by atoms with van der Waals surface area (Å²) in [7, 11) is 0. The molecule has 116 valence electrons. The molecule has 4 nitrogen and oxygen atoms in total. The van der Waals surface area contributed by atoms with E-state index in [-0.39, 0.29) is 18.0 Å². The van der Waals surface area contributed by atoms with Crippen LogP contribution in [0.2, 0.25) is 0 Å². The lowest BCUT2D eigenvalue weighted by Crippen LogP contribution is -2.28. The fourth-order valence-corrected chi connectivity index (χ4v) is 1.88. The van der Waals surface area contributed by atoms with E-state index in [1.54, 1.807) is 24.3 Å². The van der Waals surface area contributed by atoms with E-state index < -0.39 is 0 Å². The number of hydrogen-bond donors (Lipinski definition) is 2. The Bertz CT molecular complexity index is 627. The van der Waals surface area contributed by atoms with Gasteiger partial charge in [-0.05, 0) is 43.7 Å². The van der Waals surface area contributed by atoms with Gasteiger partial charge in [0.25, 0.3) is 0 Å². The Morgan fingerprint density at radius 1 is 1.14 bits per heavy atom. The Morgan fingerprint density at radius 2 is 1.82 bits per heavy atom. The van der Waals surface area contributed by atoms with Crippen molar-refractivity contribution in [2.24, 2.45) is 0 Å². The predicted octanol–water partition coefficient (Wildman–Crippen LogP) is 3.93. The van der Waals surface area contributed by atoms with Crippen molar-refractivity contribution in [2.45, 2.75) is 26.5 Å². The second-order valence-electron chi connectivity index (χ2n) is 5.10. The highest BCUT2D eigenvalue weighted by atomic mass is 19.1. The average Bonchev–Trinajstić information content (AvgIpc) is 2.48. The summed E-state index contributed by atoms with van der Waals surface area (Å²) < 4.78 is 18.4. The van der Waals surface area contributed by atoms with Crippen LogP contribution in [0.15, 0.2) is 48.5 Å². The van der Waals surface area contributed by atoms with Crippen molar-refractivity contribution >= 4 is 11.7 Å². The monoisotopic (exact) mass is 302 g/mol. The van der Waals surface area contributed by atoms with Crippen molar-refractivity contribution in [2.75, 3.05) is 5.32 Å². The summed E-state index contributed by atoms with van der Waals surface area (Å²) in [5, 5.41) is 5.47. The third-order valence-electron chi connectivity index (χ3n) is 2.86. The molecule has 0 heterocycles. The van der Waals surface area contributed by atoms with Crippen LogP contribution in [0.1, 0.15) is 19.4 Å². The molecular formula is C17H19FN2O2. The highest BCUT2D eigenvalue weighted by molar-refractivity contribution is 5.90. The average molecular weight is 302 g/mol. The van der Waals surface area contributed by atoms with Crippen LogP contribution in [0.25, 0.3) is 0 Å². The number of anilines is 1. The molecule has 0 aromatic heterocycles. The summed E-state index contributed by atoms with van der Waals surface area (Å²) in [6.45, 7) is 4.16. The standard InChI is InChI=1S/C17H19FN2O2/c1-12(2)22-16-6-4-3-5-15(16)20-17(21)19-11-13-7-9-14(18)10-8-13/h3-10,12H,11H2,1-2H3,(H2,19,20,21). The van der Waals surface area contributed by atoms with E-state index in [1.807, 2.05) is 26.0 Å². The van der Waals surface area contributed by atoms with Gasteiger partial charge in [-0.25, -0.2) is 9.18 Å². The minimum absolute atomic E-state index is 0.0187. The van der Waals surface area contributed by atoms with Crippen molar-refractivity contribution in [3.8, 4) is 5.75 Å². The van der Waals surface area contributed by atoms with Gasteiger partial charge in [0, 0.05) is 6.54 Å². The Kier molecular flexibility index (Phi) is 5.36. The lowest BCUT2D eigenvalue weighted by molar-refractivity contribution is 0.241. The molecule has 0 spiro atoms. The number of urea groups is 1. The van der Waals surface area contributed by atoms with E-state index in [2.05, 4.69) is 10.6 Å². The third-order valence-corrected chi connectivity index (χ3v) is 2.86. The van der Waals surface area contributed by atoms with E-state index in [0.29, 0.717) is 18.0 Å². The molecule has 22 heavy (non-hydrogen) atoms. The van der Waals surface area contributed by atoms with E-state index in [1.165, 1.54) is 12.1 Å². The zero-order valence-electron chi connectivity index (χ0n) is 12.6. The predicted molar refractivity (Wildman–Crippen MR) is 84.5 cm³/mol. The molecule has 0 atom stereocenters. The maximum atomic E-state index is 12.8. The van der Waals surface area contributed by atoms with Gasteiger partial charge in [-0.3, -0.25) is 0 Å². The topological polar surface area (TPSA) is 50.4 Å². The van der Waals surface area contributed by atoms with Crippen LogP contribution in [0.3, 0.4) is 0 Å². The molecule has 2 aromatic carbocycles. The fraction of sp³-hybridized carbons (Fsp3) is 0.235. The zero-order chi connectivity index (χ0) is 15.9. The van der Waals surface area contributed by atoms with Crippen molar-refractivity contribution < 1.29 is 13.9 Å². The van der Waals surface area contributed by atoms with Crippen LogP contribution in [-0.2, 0) is 6.54 Å². The van der Waals surface area contributed by atoms with Crippen LogP contribution in [0.4, 0.5) is 14.9 Å². The molecule has 0 fully saturated rings. The maximum Gasteiger partial charge on any atom is 0.319 e. The molecule has 0 aliphatic rings. The number of nitrogens with one attached hydrogen (secondary N) is 2. The number of halogens is 1. The van der Waals surface area contributed by atoms with E-state index >= 15 is 0 Å². The summed E-state index contributed by atoms with van der Waals surface area (Å²) >= 11 is 0. The van der Waals surface area contributed by atoms with Crippen LogP contribution in [0.5, 0.6) is 5.75 Å². The lowest BCUT2D eigenvalue weighted by atomic mass is 10.2. The molecule has 2 aromatic rings. The summed E-state index contributed by atoms with van der Waals surface area (Å²) in [5.74, 6) is 0.322. The van der Waals surface area contributed by atoms with Gasteiger partial charge in [0.1, 0.15) is 11.6 Å². The van der Waals surface area contributed by atoms with E-state index in [9.17, 15) is 9.18 Å². The number of benzene rings is 2. The molecule has 0 saturated carbocycles. The van der Waals surface area contributed by atoms with Crippen molar-refractivity contribution in [1.82, 2.24) is 5.32 Å². The number of carbonyl (C=O) groups is 1. The minimum atomic E-state index is -0.343. The first-order valence-corrected chi connectivity index (χ1v) is 7.09. The SMILES string of the molecule is CC(C)Oc1ccccc1NC(=O)NCc1ccc(F)cc1. The first-order valence-electron chi connectivity index (χ1n) is 7.09. The largest absolute Gasteiger partial charge is 0.489 e. The van der Waals surface area contributed by atoms with Crippen molar-refractivity contribution in [3.63, 3.8) is 0 Å². The summed E-state index contributed by atoms with van der Waals surface area (Å²) in [4.78, 5) is 11.9. The molecule has 0 radical (unpaired) electrons. The maximum absolute atomic E-state index is 12.8. The van der Waals surface area contributed by atoms with Crippen molar-refractivity contribution in [1.29, 1.82) is 0 Å². The molecule has 0 aliphatic heterocycles. The molecule has 2 rings (SSSR count). The summed E-state index contributed by atoms with van der Waals surface area (Å²) in [6, 6.07) is 12.9. The molecule has 0 saturated heterocycles. The number of carbonyl (C=O) groups excluding carboxylic acids is 1. The number of hydrogen-bond acceptors (Lipinski definition) is 2. The molecule has 0 aliphatic carbocycles. The first kappa shape index (κ1) is 15.8. The smallest absolute Gasteiger partial charge is 0.319 e. The summed E-state index contributed by atoms with van der Waals surface area (Å²) in [5.41, 5.74) is 1.43. The second kappa shape index (κ2) is 7.45. The molecule has 2 amide bonds. The normalized spacial score (nSPS) is 10.4. The summed E-state index contributed by atoms with van der Waals surface area (Å²) in [6.07, 6.45) is 0.0187. The Hall–Kier alpha value is -2.56. The Morgan fingerprint density at radius 3 is 2.50 bits per heavy atom. The number of para-hydroxylation sites is 2. The van der Waals surface area contributed by atoms with Gasteiger partial charge in [-0.1, -0.05) is 24.3 Å². The number of rotatable bonds is 5. The van der Waals surface area contributed by atoms with E-state index in [4.69, 9.17) is 4.74 Å². The lowest BCUT2D eigenvalue weighted by Gasteiger charge is -2.15. The van der Waals surface area contributed by atoms with Crippen LogP contribution in [-0.4, -0.2) is 12.1 Å². The van der Waals surface area contributed by atoms with Gasteiger partial charge in [0.05, 0.1) is 11.8 Å². The van der Waals surface area contributed by atoms with Gasteiger partial charge in [-0.2, -0.15) is 0 Å². The minimum Gasteiger partial charge on any atom is -0.489 e. The molecular weight excluding hydrogens is 283 g/mol. The van der Waals surface area contributed by atoms with Crippen LogP contribution >= 0.6 is 0 Å². The van der Waals surface area contributed by atoms with Gasteiger partial charge < -0.3 is 15.4 Å². The van der Waals surface area contributed by atoms with Crippen LogP contribution in [0, 0.1) is 5.82 Å².